The van der Waals surface area contributed by atoms with Crippen molar-refractivity contribution in [2.24, 2.45) is 17.4 Å². The van der Waals surface area contributed by atoms with Crippen molar-refractivity contribution in [2.45, 2.75) is 31.7 Å². The molecule has 1 aliphatic carbocycles. The molecule has 16 heavy (non-hydrogen) atoms. The molecular formula is C10H17N3O3. The molecule has 0 bridgehead atoms. The van der Waals surface area contributed by atoms with Gasteiger partial charge in [-0.3, -0.25) is 14.4 Å². The van der Waals surface area contributed by atoms with Crippen LogP contribution in [-0.4, -0.2) is 30.2 Å². The number of hydrogen-bond acceptors (Lipinski definition) is 4. The van der Waals surface area contributed by atoms with Gasteiger partial charge in [0.2, 0.25) is 11.7 Å². The first-order valence-electron chi connectivity index (χ1n) is 5.37. The van der Waals surface area contributed by atoms with E-state index in [4.69, 9.17) is 11.5 Å². The van der Waals surface area contributed by atoms with E-state index in [1.807, 2.05) is 0 Å². The molecule has 90 valence electrons. The predicted molar refractivity (Wildman–Crippen MR) is 57.1 cm³/mol. The first kappa shape index (κ1) is 12.6. The van der Waals surface area contributed by atoms with E-state index >= 15 is 0 Å². The summed E-state index contributed by atoms with van der Waals surface area (Å²) in [5, 5.41) is 2.43. The van der Waals surface area contributed by atoms with Gasteiger partial charge in [-0.05, 0) is 12.3 Å². The molecule has 0 aromatic rings. The van der Waals surface area contributed by atoms with Crippen LogP contribution in [0.15, 0.2) is 0 Å². The van der Waals surface area contributed by atoms with Crippen LogP contribution in [0.5, 0.6) is 0 Å². The van der Waals surface area contributed by atoms with Gasteiger partial charge in [0.1, 0.15) is 0 Å². The highest BCUT2D eigenvalue weighted by Crippen LogP contribution is 2.30. The number of carbonyl (C=O) groups excluding carboxylic acids is 3. The molecule has 1 unspecified atom stereocenters. The van der Waals surface area contributed by atoms with Crippen LogP contribution < -0.4 is 16.8 Å². The molecule has 5 N–H and O–H groups in total. The minimum atomic E-state index is -1.01. The van der Waals surface area contributed by atoms with E-state index in [1.165, 1.54) is 0 Å². The topological polar surface area (TPSA) is 115 Å². The van der Waals surface area contributed by atoms with Crippen LogP contribution >= 0.6 is 0 Å². The summed E-state index contributed by atoms with van der Waals surface area (Å²) in [6, 6.07) is -0.807. The van der Waals surface area contributed by atoms with Crippen LogP contribution in [0, 0.1) is 5.92 Å². The van der Waals surface area contributed by atoms with E-state index < -0.39 is 23.6 Å². The molecule has 1 aliphatic rings. The highest BCUT2D eigenvalue weighted by molar-refractivity contribution is 6.37. The maximum Gasteiger partial charge on any atom is 0.287 e. The van der Waals surface area contributed by atoms with Gasteiger partial charge in [-0.25, -0.2) is 0 Å². The van der Waals surface area contributed by atoms with E-state index in [2.05, 4.69) is 5.32 Å². The maximum atomic E-state index is 11.4. The summed E-state index contributed by atoms with van der Waals surface area (Å²) in [7, 11) is 0. The van der Waals surface area contributed by atoms with Gasteiger partial charge in [-0.2, -0.15) is 0 Å². The number of rotatable bonds is 6. The number of nitrogens with one attached hydrogen (secondary N) is 1. The molecule has 0 spiro atoms. The van der Waals surface area contributed by atoms with Crippen LogP contribution in [0.25, 0.3) is 0 Å². The number of hydrogen-bond donors (Lipinski definition) is 3. The number of Topliss-reactive ketones (excluding diaryl/α,β-unsaturated/α-hetero) is 1. The number of amides is 2. The maximum absolute atomic E-state index is 11.4. The summed E-state index contributed by atoms with van der Waals surface area (Å²) < 4.78 is 0. The fourth-order valence-electron chi connectivity index (χ4n) is 1.72. The van der Waals surface area contributed by atoms with Crippen molar-refractivity contribution >= 4 is 17.6 Å². The first-order chi connectivity index (χ1) is 7.54. The molecule has 1 rings (SSSR count). The molecule has 1 atom stereocenters. The molecule has 2 amide bonds. The lowest BCUT2D eigenvalue weighted by atomic mass is 9.80. The third-order valence-corrected chi connectivity index (χ3v) is 2.87. The van der Waals surface area contributed by atoms with Gasteiger partial charge < -0.3 is 16.8 Å². The van der Waals surface area contributed by atoms with Crippen molar-refractivity contribution < 1.29 is 14.4 Å². The Labute approximate surface area is 93.7 Å². The number of nitrogens with two attached hydrogens (primary N) is 2. The fourth-order valence-corrected chi connectivity index (χ4v) is 1.72. The van der Waals surface area contributed by atoms with Gasteiger partial charge in [0.05, 0.1) is 12.6 Å². The molecule has 6 nitrogen and oxygen atoms in total. The van der Waals surface area contributed by atoms with Crippen molar-refractivity contribution in [1.82, 2.24) is 5.32 Å². The standard InChI is InChI=1S/C10H17N3O3/c11-5-8(14)13-7(9(15)10(12)16)4-6-2-1-3-6/h6-7H,1-5,11H2,(H2,12,16)(H,13,14). The van der Waals surface area contributed by atoms with E-state index in [0.29, 0.717) is 12.3 Å². The minimum Gasteiger partial charge on any atom is -0.363 e. The lowest BCUT2D eigenvalue weighted by Gasteiger charge is -2.28. The highest BCUT2D eigenvalue weighted by atomic mass is 16.2. The Balaban J connectivity index is 2.55. The summed E-state index contributed by atoms with van der Waals surface area (Å²) in [6.07, 6.45) is 3.67. The summed E-state index contributed by atoms with van der Waals surface area (Å²) in [6.45, 7) is -0.201. The Bertz CT molecular complexity index is 300. The molecule has 0 radical (unpaired) electrons. The van der Waals surface area contributed by atoms with Crippen molar-refractivity contribution in [3.05, 3.63) is 0 Å². The molecule has 0 aromatic heterocycles. The number of primary amides is 1. The van der Waals surface area contributed by atoms with E-state index in [1.54, 1.807) is 0 Å². The second kappa shape index (κ2) is 5.60. The van der Waals surface area contributed by atoms with Crippen LogP contribution in [0.3, 0.4) is 0 Å². The van der Waals surface area contributed by atoms with Gasteiger partial charge in [-0.15, -0.1) is 0 Å². The molecule has 6 heteroatoms. The van der Waals surface area contributed by atoms with Crippen molar-refractivity contribution in [2.75, 3.05) is 6.54 Å². The van der Waals surface area contributed by atoms with E-state index in [0.717, 1.165) is 19.3 Å². The van der Waals surface area contributed by atoms with Crippen molar-refractivity contribution in [3.8, 4) is 0 Å². The smallest absolute Gasteiger partial charge is 0.287 e. The monoisotopic (exact) mass is 227 g/mol. The van der Waals surface area contributed by atoms with Gasteiger partial charge in [0.15, 0.2) is 0 Å². The molecule has 1 fully saturated rings. The number of carbonyl (C=O) groups is 3. The zero-order chi connectivity index (χ0) is 12.1. The molecule has 0 aliphatic heterocycles. The van der Waals surface area contributed by atoms with Crippen LogP contribution in [0.2, 0.25) is 0 Å². The average molecular weight is 227 g/mol. The van der Waals surface area contributed by atoms with E-state index in [-0.39, 0.29) is 6.54 Å². The Morgan fingerprint density at radius 2 is 1.94 bits per heavy atom. The van der Waals surface area contributed by atoms with Crippen LogP contribution in [0.4, 0.5) is 0 Å². The third-order valence-electron chi connectivity index (χ3n) is 2.87. The van der Waals surface area contributed by atoms with Crippen LogP contribution in [-0.2, 0) is 14.4 Å². The quantitative estimate of drug-likeness (QED) is 0.488. The first-order valence-corrected chi connectivity index (χ1v) is 5.37. The second-order valence-corrected chi connectivity index (χ2v) is 4.09. The second-order valence-electron chi connectivity index (χ2n) is 4.09. The SMILES string of the molecule is NCC(=O)NC(CC1CCC1)C(=O)C(N)=O. The largest absolute Gasteiger partial charge is 0.363 e. The summed E-state index contributed by atoms with van der Waals surface area (Å²) in [4.78, 5) is 33.3. The van der Waals surface area contributed by atoms with Crippen molar-refractivity contribution in [1.29, 1.82) is 0 Å². The predicted octanol–water partition coefficient (Wildman–Crippen LogP) is -1.33. The van der Waals surface area contributed by atoms with Gasteiger partial charge in [-0.1, -0.05) is 19.3 Å². The number of ketones is 1. The van der Waals surface area contributed by atoms with Gasteiger partial charge in [0, 0.05) is 0 Å². The van der Waals surface area contributed by atoms with Crippen LogP contribution in [0.1, 0.15) is 25.7 Å². The summed E-state index contributed by atoms with van der Waals surface area (Å²) in [5.74, 6) is -1.80. The Hall–Kier alpha value is -1.43. The van der Waals surface area contributed by atoms with Crippen molar-refractivity contribution in [3.63, 3.8) is 0 Å². The fraction of sp³-hybridized carbons (Fsp3) is 0.700. The average Bonchev–Trinajstić information content (AvgIpc) is 2.19. The van der Waals surface area contributed by atoms with Gasteiger partial charge in [0.25, 0.3) is 5.91 Å². The molecule has 0 aromatic carbocycles. The Kier molecular flexibility index (Phi) is 4.42. The lowest BCUT2D eigenvalue weighted by molar-refractivity contribution is -0.138. The normalized spacial score (nSPS) is 17.3. The molecular weight excluding hydrogens is 210 g/mol. The zero-order valence-corrected chi connectivity index (χ0v) is 9.07. The van der Waals surface area contributed by atoms with Gasteiger partial charge >= 0.3 is 0 Å². The van der Waals surface area contributed by atoms with E-state index in [9.17, 15) is 14.4 Å². The highest BCUT2D eigenvalue weighted by Gasteiger charge is 2.29. The summed E-state index contributed by atoms with van der Waals surface area (Å²) in [5.41, 5.74) is 10.1. The molecule has 1 saturated carbocycles. The minimum absolute atomic E-state index is 0.201. The Morgan fingerprint density at radius 3 is 2.31 bits per heavy atom. The zero-order valence-electron chi connectivity index (χ0n) is 9.07. The molecule has 0 saturated heterocycles. The lowest BCUT2D eigenvalue weighted by Crippen LogP contribution is -2.49. The third kappa shape index (κ3) is 3.30. The summed E-state index contributed by atoms with van der Waals surface area (Å²) >= 11 is 0. The Morgan fingerprint density at radius 1 is 1.31 bits per heavy atom. The molecule has 0 heterocycles.